The molecule has 0 heterocycles. The lowest BCUT2D eigenvalue weighted by Gasteiger charge is -2.23. The Morgan fingerprint density at radius 2 is 1.92 bits per heavy atom. The molecule has 24 heavy (non-hydrogen) atoms. The van der Waals surface area contributed by atoms with Gasteiger partial charge in [-0.25, -0.2) is 0 Å². The number of hydrogen-bond acceptors (Lipinski definition) is 4. The summed E-state index contributed by atoms with van der Waals surface area (Å²) in [4.78, 5) is 24.9. The Hall–Kier alpha value is -2.73. The van der Waals surface area contributed by atoms with Crippen LogP contribution in [0.25, 0.3) is 0 Å². The van der Waals surface area contributed by atoms with Crippen LogP contribution in [-0.2, 0) is 11.3 Å². The van der Waals surface area contributed by atoms with Gasteiger partial charge in [0.05, 0.1) is 11.5 Å². The third-order valence-electron chi connectivity index (χ3n) is 3.71. The van der Waals surface area contributed by atoms with E-state index in [0.29, 0.717) is 30.8 Å². The van der Waals surface area contributed by atoms with E-state index in [1.807, 2.05) is 30.3 Å². The van der Waals surface area contributed by atoms with Gasteiger partial charge in [-0.1, -0.05) is 30.3 Å². The van der Waals surface area contributed by atoms with Gasteiger partial charge >= 0.3 is 0 Å². The van der Waals surface area contributed by atoms with Gasteiger partial charge in [0, 0.05) is 37.4 Å². The minimum absolute atomic E-state index is 0.0121. The molecule has 0 radical (unpaired) electrons. The van der Waals surface area contributed by atoms with Crippen molar-refractivity contribution in [2.24, 2.45) is 0 Å². The number of hydrogen-bond donors (Lipinski definition) is 0. The molecular weight excluding hydrogens is 308 g/mol. The highest BCUT2D eigenvalue weighted by Crippen LogP contribution is 2.20. The molecule has 0 fully saturated rings. The van der Waals surface area contributed by atoms with Crippen LogP contribution >= 0.6 is 0 Å². The maximum absolute atomic E-state index is 12.8. The summed E-state index contributed by atoms with van der Waals surface area (Å²) >= 11 is 0. The van der Waals surface area contributed by atoms with Crippen molar-refractivity contribution in [3.8, 4) is 0 Å². The molecule has 2 aromatic carbocycles. The first-order valence-corrected chi connectivity index (χ1v) is 7.60. The van der Waals surface area contributed by atoms with Crippen molar-refractivity contribution in [1.82, 2.24) is 4.90 Å². The van der Waals surface area contributed by atoms with Crippen LogP contribution in [0.2, 0.25) is 0 Å². The molecule has 0 saturated carbocycles. The minimum atomic E-state index is -0.448. The zero-order valence-electron chi connectivity index (χ0n) is 13.8. The smallest absolute Gasteiger partial charge is 0.272 e. The number of aryl methyl sites for hydroxylation is 1. The quantitative estimate of drug-likeness (QED) is 0.578. The molecule has 0 aliphatic rings. The molecule has 2 rings (SSSR count). The van der Waals surface area contributed by atoms with E-state index in [-0.39, 0.29) is 11.6 Å². The van der Waals surface area contributed by atoms with Crippen molar-refractivity contribution in [2.45, 2.75) is 13.5 Å². The number of methoxy groups -OCH3 is 1. The van der Waals surface area contributed by atoms with Crippen LogP contribution in [0.5, 0.6) is 0 Å². The fourth-order valence-electron chi connectivity index (χ4n) is 2.43. The number of benzene rings is 2. The Balaban J connectivity index is 2.23. The molecule has 6 heteroatoms. The molecule has 0 saturated heterocycles. The van der Waals surface area contributed by atoms with Crippen LogP contribution in [0.1, 0.15) is 21.5 Å². The lowest BCUT2D eigenvalue weighted by atomic mass is 10.1. The fourth-order valence-corrected chi connectivity index (χ4v) is 2.43. The number of nitro groups is 1. The third-order valence-corrected chi connectivity index (χ3v) is 3.71. The van der Waals surface area contributed by atoms with Crippen LogP contribution in [0, 0.1) is 17.0 Å². The van der Waals surface area contributed by atoms with Crippen molar-refractivity contribution >= 4 is 11.6 Å². The van der Waals surface area contributed by atoms with E-state index in [4.69, 9.17) is 4.74 Å². The number of ether oxygens (including phenoxy) is 1. The highest BCUT2D eigenvalue weighted by Gasteiger charge is 2.19. The zero-order valence-corrected chi connectivity index (χ0v) is 13.8. The first-order valence-electron chi connectivity index (χ1n) is 7.60. The second kappa shape index (κ2) is 8.21. The SMILES string of the molecule is COCCN(Cc1ccccc1)C(=O)c1ccc([N+](=O)[O-])c(C)c1. The average molecular weight is 328 g/mol. The summed E-state index contributed by atoms with van der Waals surface area (Å²) < 4.78 is 5.09. The third kappa shape index (κ3) is 4.39. The molecule has 6 nitrogen and oxygen atoms in total. The van der Waals surface area contributed by atoms with Gasteiger partial charge < -0.3 is 9.64 Å². The van der Waals surface area contributed by atoms with Crippen LogP contribution in [-0.4, -0.2) is 36.0 Å². The summed E-state index contributed by atoms with van der Waals surface area (Å²) in [5, 5.41) is 10.9. The van der Waals surface area contributed by atoms with Gasteiger partial charge in [-0.15, -0.1) is 0 Å². The Labute approximate surface area is 140 Å². The summed E-state index contributed by atoms with van der Waals surface area (Å²) in [5.74, 6) is -0.172. The van der Waals surface area contributed by atoms with E-state index < -0.39 is 4.92 Å². The first kappa shape index (κ1) is 17.6. The number of carbonyl (C=O) groups is 1. The summed E-state index contributed by atoms with van der Waals surface area (Å²) in [7, 11) is 1.58. The number of rotatable bonds is 7. The molecule has 1 amide bonds. The van der Waals surface area contributed by atoms with Crippen LogP contribution in [0.4, 0.5) is 5.69 Å². The topological polar surface area (TPSA) is 72.7 Å². The predicted molar refractivity (Wildman–Crippen MR) is 90.9 cm³/mol. The Morgan fingerprint density at radius 3 is 2.50 bits per heavy atom. The number of nitrogens with zero attached hydrogens (tertiary/aromatic N) is 2. The normalized spacial score (nSPS) is 10.4. The van der Waals surface area contributed by atoms with Gasteiger partial charge in [-0.2, -0.15) is 0 Å². The fraction of sp³-hybridized carbons (Fsp3) is 0.278. The van der Waals surface area contributed by atoms with Crippen LogP contribution < -0.4 is 0 Å². The molecule has 2 aromatic rings. The van der Waals surface area contributed by atoms with E-state index in [9.17, 15) is 14.9 Å². The lowest BCUT2D eigenvalue weighted by molar-refractivity contribution is -0.385. The summed E-state index contributed by atoms with van der Waals surface area (Å²) in [6.07, 6.45) is 0. The van der Waals surface area contributed by atoms with Crippen molar-refractivity contribution in [3.05, 3.63) is 75.3 Å². The van der Waals surface area contributed by atoms with Crippen LogP contribution in [0.15, 0.2) is 48.5 Å². The molecule has 0 unspecified atom stereocenters. The number of carbonyl (C=O) groups excluding carboxylic acids is 1. The minimum Gasteiger partial charge on any atom is -0.383 e. The average Bonchev–Trinajstić information content (AvgIpc) is 2.58. The maximum atomic E-state index is 12.8. The van der Waals surface area contributed by atoms with Gasteiger partial charge in [0.15, 0.2) is 0 Å². The van der Waals surface area contributed by atoms with E-state index >= 15 is 0 Å². The Bertz CT molecular complexity index is 716. The zero-order chi connectivity index (χ0) is 17.5. The monoisotopic (exact) mass is 328 g/mol. The molecule has 0 aromatic heterocycles. The highest BCUT2D eigenvalue weighted by molar-refractivity contribution is 5.94. The van der Waals surface area contributed by atoms with Crippen LogP contribution in [0.3, 0.4) is 0 Å². The second-order valence-corrected chi connectivity index (χ2v) is 5.46. The molecule has 0 N–H and O–H groups in total. The van der Waals surface area contributed by atoms with Crippen molar-refractivity contribution in [1.29, 1.82) is 0 Å². The van der Waals surface area contributed by atoms with Gasteiger partial charge in [-0.3, -0.25) is 14.9 Å². The molecule has 0 aliphatic carbocycles. The lowest BCUT2D eigenvalue weighted by Crippen LogP contribution is -2.33. The predicted octanol–water partition coefficient (Wildman–Crippen LogP) is 3.19. The summed E-state index contributed by atoms with van der Waals surface area (Å²) in [6, 6.07) is 14.1. The van der Waals surface area contributed by atoms with Gasteiger partial charge in [-0.05, 0) is 24.6 Å². The Morgan fingerprint density at radius 1 is 1.21 bits per heavy atom. The van der Waals surface area contributed by atoms with E-state index in [2.05, 4.69) is 0 Å². The number of amides is 1. The molecular formula is C18H20N2O4. The van der Waals surface area contributed by atoms with E-state index in [1.165, 1.54) is 12.1 Å². The molecule has 0 aliphatic heterocycles. The molecule has 126 valence electrons. The number of nitro benzene ring substituents is 1. The largest absolute Gasteiger partial charge is 0.383 e. The first-order chi connectivity index (χ1) is 11.5. The van der Waals surface area contributed by atoms with Crippen molar-refractivity contribution in [2.75, 3.05) is 20.3 Å². The second-order valence-electron chi connectivity index (χ2n) is 5.46. The van der Waals surface area contributed by atoms with E-state index in [1.54, 1.807) is 25.0 Å². The van der Waals surface area contributed by atoms with Gasteiger partial charge in [0.25, 0.3) is 11.6 Å². The standard InChI is InChI=1S/C18H20N2O4/c1-14-12-16(8-9-17(14)20(22)23)18(21)19(10-11-24-2)13-15-6-4-3-5-7-15/h3-9,12H,10-11,13H2,1-2H3. The Kier molecular flexibility index (Phi) is 6.03. The van der Waals surface area contributed by atoms with Crippen molar-refractivity contribution < 1.29 is 14.5 Å². The highest BCUT2D eigenvalue weighted by atomic mass is 16.6. The van der Waals surface area contributed by atoms with Gasteiger partial charge in [0.1, 0.15) is 0 Å². The molecule has 0 bridgehead atoms. The molecule has 0 atom stereocenters. The summed E-state index contributed by atoms with van der Waals surface area (Å²) in [6.45, 7) is 2.95. The maximum Gasteiger partial charge on any atom is 0.272 e. The van der Waals surface area contributed by atoms with E-state index in [0.717, 1.165) is 5.56 Å². The summed E-state index contributed by atoms with van der Waals surface area (Å²) in [5.41, 5.74) is 1.93. The van der Waals surface area contributed by atoms with Gasteiger partial charge in [0.2, 0.25) is 0 Å². The van der Waals surface area contributed by atoms with Crippen molar-refractivity contribution in [3.63, 3.8) is 0 Å². The molecule has 0 spiro atoms.